The van der Waals surface area contributed by atoms with E-state index in [2.05, 4.69) is 5.32 Å². The molecule has 3 rings (SSSR count). The molecular formula is C22H25NO6. The van der Waals surface area contributed by atoms with Crippen LogP contribution in [-0.2, 0) is 4.79 Å². The first-order valence-corrected chi connectivity index (χ1v) is 9.57. The Morgan fingerprint density at radius 1 is 1.10 bits per heavy atom. The Labute approximate surface area is 169 Å². The number of nitrogens with one attached hydrogen (secondary N) is 1. The van der Waals surface area contributed by atoms with Crippen molar-refractivity contribution in [3.63, 3.8) is 0 Å². The number of carboxylic acid groups (broad SMARTS) is 1. The largest absolute Gasteiger partial charge is 0.493 e. The van der Waals surface area contributed by atoms with Crippen LogP contribution in [0.1, 0.15) is 41.6 Å². The summed E-state index contributed by atoms with van der Waals surface area (Å²) in [5, 5.41) is 11.6. The standard InChI is InChI=1S/C22H25NO6/c1-14-11-17(28-13-21(24)25)8-9-18(14)23-22(26)15-7-10-19(27-2)20(12-15)29-16-5-3-4-6-16/h7-12,16H,3-6,13H2,1-2H3,(H,23,26)(H,24,25). The maximum Gasteiger partial charge on any atom is 0.341 e. The van der Waals surface area contributed by atoms with Crippen LogP contribution in [0, 0.1) is 6.92 Å². The molecule has 0 aromatic heterocycles. The van der Waals surface area contributed by atoms with Crippen LogP contribution >= 0.6 is 0 Å². The Kier molecular flexibility index (Phi) is 6.59. The number of amides is 1. The normalized spacial score (nSPS) is 13.7. The first-order valence-electron chi connectivity index (χ1n) is 9.57. The quantitative estimate of drug-likeness (QED) is 0.696. The lowest BCUT2D eigenvalue weighted by Gasteiger charge is -2.17. The Morgan fingerprint density at radius 2 is 1.86 bits per heavy atom. The van der Waals surface area contributed by atoms with Crippen molar-refractivity contribution in [2.24, 2.45) is 0 Å². The summed E-state index contributed by atoms with van der Waals surface area (Å²) in [7, 11) is 1.58. The number of ether oxygens (including phenoxy) is 3. The highest BCUT2D eigenvalue weighted by atomic mass is 16.5. The molecule has 1 amide bonds. The van der Waals surface area contributed by atoms with E-state index in [-0.39, 0.29) is 12.0 Å². The van der Waals surface area contributed by atoms with Gasteiger partial charge in [0.1, 0.15) is 5.75 Å². The predicted molar refractivity (Wildman–Crippen MR) is 108 cm³/mol. The van der Waals surface area contributed by atoms with Crippen molar-refractivity contribution in [3.05, 3.63) is 47.5 Å². The second kappa shape index (κ2) is 9.32. The van der Waals surface area contributed by atoms with E-state index in [4.69, 9.17) is 19.3 Å². The molecule has 0 heterocycles. The van der Waals surface area contributed by atoms with Gasteiger partial charge in [-0.15, -0.1) is 0 Å². The lowest BCUT2D eigenvalue weighted by atomic mass is 10.1. The lowest BCUT2D eigenvalue weighted by molar-refractivity contribution is -0.139. The molecule has 0 spiro atoms. The van der Waals surface area contributed by atoms with Gasteiger partial charge in [-0.2, -0.15) is 0 Å². The van der Waals surface area contributed by atoms with Crippen LogP contribution in [-0.4, -0.2) is 36.8 Å². The molecule has 0 radical (unpaired) electrons. The molecule has 2 N–H and O–H groups in total. The fraction of sp³-hybridized carbons (Fsp3) is 0.364. The number of hydrogen-bond donors (Lipinski definition) is 2. The first kappa shape index (κ1) is 20.5. The zero-order valence-corrected chi connectivity index (χ0v) is 16.6. The Hall–Kier alpha value is -3.22. The van der Waals surface area contributed by atoms with Crippen LogP contribution in [0.4, 0.5) is 5.69 Å². The van der Waals surface area contributed by atoms with Gasteiger partial charge in [-0.3, -0.25) is 4.79 Å². The fourth-order valence-corrected chi connectivity index (χ4v) is 3.30. The number of anilines is 1. The molecule has 2 aromatic carbocycles. The average molecular weight is 399 g/mol. The minimum absolute atomic E-state index is 0.155. The van der Waals surface area contributed by atoms with Crippen LogP contribution < -0.4 is 19.5 Å². The van der Waals surface area contributed by atoms with Crippen LogP contribution in [0.15, 0.2) is 36.4 Å². The highest BCUT2D eigenvalue weighted by Gasteiger charge is 2.20. The lowest BCUT2D eigenvalue weighted by Crippen LogP contribution is -2.15. The smallest absolute Gasteiger partial charge is 0.341 e. The second-order valence-corrected chi connectivity index (χ2v) is 7.00. The van der Waals surface area contributed by atoms with Crippen LogP contribution in [0.5, 0.6) is 17.2 Å². The predicted octanol–water partition coefficient (Wildman–Crippen LogP) is 4.04. The van der Waals surface area contributed by atoms with Crippen LogP contribution in [0.2, 0.25) is 0 Å². The highest BCUT2D eigenvalue weighted by Crippen LogP contribution is 2.33. The van der Waals surface area contributed by atoms with E-state index >= 15 is 0 Å². The molecule has 0 unspecified atom stereocenters. The van der Waals surface area contributed by atoms with E-state index in [1.54, 1.807) is 43.5 Å². The molecule has 1 aliphatic carbocycles. The van der Waals surface area contributed by atoms with Crippen molar-refractivity contribution >= 4 is 17.6 Å². The Bertz CT molecular complexity index is 889. The molecule has 29 heavy (non-hydrogen) atoms. The highest BCUT2D eigenvalue weighted by molar-refractivity contribution is 6.05. The molecule has 2 aromatic rings. The summed E-state index contributed by atoms with van der Waals surface area (Å²) in [5.41, 5.74) is 1.84. The molecule has 0 saturated heterocycles. The van der Waals surface area contributed by atoms with Gasteiger partial charge in [-0.1, -0.05) is 0 Å². The van der Waals surface area contributed by atoms with Gasteiger partial charge in [0.05, 0.1) is 13.2 Å². The number of carbonyl (C=O) groups is 2. The van der Waals surface area contributed by atoms with Crippen molar-refractivity contribution in [1.82, 2.24) is 0 Å². The van der Waals surface area contributed by atoms with Crippen LogP contribution in [0.3, 0.4) is 0 Å². The van der Waals surface area contributed by atoms with E-state index in [1.807, 2.05) is 6.92 Å². The van der Waals surface area contributed by atoms with E-state index in [1.165, 1.54) is 0 Å². The third kappa shape index (κ3) is 5.40. The number of methoxy groups -OCH3 is 1. The first-order chi connectivity index (χ1) is 14.0. The number of rotatable bonds is 8. The molecule has 1 fully saturated rings. The van der Waals surface area contributed by atoms with Gasteiger partial charge >= 0.3 is 5.97 Å². The van der Waals surface area contributed by atoms with Crippen molar-refractivity contribution in [2.75, 3.05) is 19.0 Å². The second-order valence-electron chi connectivity index (χ2n) is 7.00. The Balaban J connectivity index is 1.72. The number of aryl methyl sites for hydroxylation is 1. The number of hydrogen-bond acceptors (Lipinski definition) is 5. The van der Waals surface area contributed by atoms with Gasteiger partial charge in [0.15, 0.2) is 18.1 Å². The van der Waals surface area contributed by atoms with E-state index in [0.717, 1.165) is 31.2 Å². The average Bonchev–Trinajstić information content (AvgIpc) is 3.21. The SMILES string of the molecule is COc1ccc(C(=O)Nc2ccc(OCC(=O)O)cc2C)cc1OC1CCCC1. The summed E-state index contributed by atoms with van der Waals surface area (Å²) in [6.07, 6.45) is 4.48. The molecule has 0 atom stereocenters. The zero-order valence-electron chi connectivity index (χ0n) is 16.6. The molecular weight excluding hydrogens is 374 g/mol. The molecule has 0 aliphatic heterocycles. The van der Waals surface area contributed by atoms with Crippen molar-refractivity contribution in [3.8, 4) is 17.2 Å². The number of aliphatic carboxylic acids is 1. The van der Waals surface area contributed by atoms with Gasteiger partial charge < -0.3 is 24.6 Å². The maximum absolute atomic E-state index is 12.7. The summed E-state index contributed by atoms with van der Waals surface area (Å²) < 4.78 is 16.6. The summed E-state index contributed by atoms with van der Waals surface area (Å²) in [6.45, 7) is 1.40. The van der Waals surface area contributed by atoms with Gasteiger partial charge in [-0.25, -0.2) is 4.79 Å². The molecule has 7 heteroatoms. The number of carboxylic acids is 1. The van der Waals surface area contributed by atoms with E-state index in [9.17, 15) is 9.59 Å². The molecule has 154 valence electrons. The van der Waals surface area contributed by atoms with E-state index in [0.29, 0.717) is 28.5 Å². The van der Waals surface area contributed by atoms with Gasteiger partial charge in [-0.05, 0) is 74.6 Å². The monoisotopic (exact) mass is 399 g/mol. The van der Waals surface area contributed by atoms with Crippen LogP contribution in [0.25, 0.3) is 0 Å². The Morgan fingerprint density at radius 3 is 2.52 bits per heavy atom. The third-order valence-corrected chi connectivity index (χ3v) is 4.83. The fourth-order valence-electron chi connectivity index (χ4n) is 3.30. The summed E-state index contributed by atoms with van der Waals surface area (Å²) in [6, 6.07) is 10.1. The van der Waals surface area contributed by atoms with E-state index < -0.39 is 12.6 Å². The molecule has 0 bridgehead atoms. The van der Waals surface area contributed by atoms with Crippen molar-refractivity contribution in [2.45, 2.75) is 38.7 Å². The summed E-state index contributed by atoms with van der Waals surface area (Å²) in [5.74, 6) is 0.284. The maximum atomic E-state index is 12.7. The summed E-state index contributed by atoms with van der Waals surface area (Å²) >= 11 is 0. The molecule has 1 aliphatic rings. The number of benzene rings is 2. The third-order valence-electron chi connectivity index (χ3n) is 4.83. The van der Waals surface area contributed by atoms with Gasteiger partial charge in [0.2, 0.25) is 0 Å². The topological polar surface area (TPSA) is 94.1 Å². The van der Waals surface area contributed by atoms with Crippen molar-refractivity contribution in [1.29, 1.82) is 0 Å². The minimum Gasteiger partial charge on any atom is -0.493 e. The molecule has 1 saturated carbocycles. The molecule has 7 nitrogen and oxygen atoms in total. The minimum atomic E-state index is -1.05. The van der Waals surface area contributed by atoms with Gasteiger partial charge in [0.25, 0.3) is 5.91 Å². The summed E-state index contributed by atoms with van der Waals surface area (Å²) in [4.78, 5) is 23.3. The number of carbonyl (C=O) groups excluding carboxylic acids is 1. The zero-order chi connectivity index (χ0) is 20.8. The van der Waals surface area contributed by atoms with Crippen molar-refractivity contribution < 1.29 is 28.9 Å². The van der Waals surface area contributed by atoms with Gasteiger partial charge in [0, 0.05) is 11.3 Å².